The second kappa shape index (κ2) is 7.94. The Morgan fingerprint density at radius 3 is 2.52 bits per heavy atom. The van der Waals surface area contributed by atoms with E-state index < -0.39 is 0 Å². The number of rotatable bonds is 5. The molecule has 1 atom stereocenters. The number of aromatic nitrogens is 2. The number of nitrogens with zero attached hydrogens (tertiary/aromatic N) is 3. The fourth-order valence-electron chi connectivity index (χ4n) is 2.99. The van der Waals surface area contributed by atoms with Crippen LogP contribution in [0.2, 0.25) is 0 Å². The van der Waals surface area contributed by atoms with Gasteiger partial charge in [0.2, 0.25) is 0 Å². The standard InChI is InChI=1S/C18H23N5O2/c1-14(13-19-18(25)16-7-8-17(24)21-20-16)22-9-11-23(12-10-22)15-5-3-2-4-6-15/h2-8,14H,9-13H2,1H3,(H,19,25)(H,21,24)/t14-/m1/s1. The van der Waals surface area contributed by atoms with Gasteiger partial charge in [-0.1, -0.05) is 18.2 Å². The molecule has 1 aliphatic heterocycles. The molecule has 1 aromatic carbocycles. The van der Waals surface area contributed by atoms with Crippen molar-refractivity contribution >= 4 is 11.6 Å². The number of hydrogen-bond acceptors (Lipinski definition) is 5. The SMILES string of the molecule is C[C@H](CNC(=O)c1ccc(=O)[nH]n1)N1CCN(c2ccccc2)CC1. The molecule has 1 aromatic heterocycles. The topological polar surface area (TPSA) is 81.3 Å². The summed E-state index contributed by atoms with van der Waals surface area (Å²) in [4.78, 5) is 27.8. The third-order valence-electron chi connectivity index (χ3n) is 4.53. The van der Waals surface area contributed by atoms with Crippen LogP contribution in [0.1, 0.15) is 17.4 Å². The van der Waals surface area contributed by atoms with Gasteiger partial charge >= 0.3 is 0 Å². The second-order valence-corrected chi connectivity index (χ2v) is 6.22. The molecule has 1 fully saturated rings. The summed E-state index contributed by atoms with van der Waals surface area (Å²) in [5.41, 5.74) is 1.16. The Bertz CT molecular complexity index is 733. The zero-order valence-corrected chi connectivity index (χ0v) is 14.3. The van der Waals surface area contributed by atoms with Gasteiger partial charge in [-0.25, -0.2) is 5.10 Å². The van der Waals surface area contributed by atoms with E-state index in [1.165, 1.54) is 17.8 Å². The number of hydrogen-bond donors (Lipinski definition) is 2. The molecule has 3 rings (SSSR count). The quantitative estimate of drug-likeness (QED) is 0.837. The number of piperazine rings is 1. The fourth-order valence-corrected chi connectivity index (χ4v) is 2.99. The smallest absolute Gasteiger partial charge is 0.271 e. The third kappa shape index (κ3) is 4.45. The first-order valence-corrected chi connectivity index (χ1v) is 8.51. The van der Waals surface area contributed by atoms with Crippen LogP contribution < -0.4 is 15.8 Å². The average Bonchev–Trinajstić information content (AvgIpc) is 2.67. The maximum atomic E-state index is 12.1. The summed E-state index contributed by atoms with van der Waals surface area (Å²) < 4.78 is 0. The summed E-state index contributed by atoms with van der Waals surface area (Å²) >= 11 is 0. The monoisotopic (exact) mass is 341 g/mol. The number of nitrogens with one attached hydrogen (secondary N) is 2. The molecule has 0 aliphatic carbocycles. The molecule has 0 saturated carbocycles. The van der Waals surface area contributed by atoms with Gasteiger partial charge in [0.25, 0.3) is 11.5 Å². The summed E-state index contributed by atoms with van der Waals surface area (Å²) in [6, 6.07) is 13.4. The Hall–Kier alpha value is -2.67. The molecular weight excluding hydrogens is 318 g/mol. The van der Waals surface area contributed by atoms with Crippen LogP contribution in [0, 0.1) is 0 Å². The number of anilines is 1. The lowest BCUT2D eigenvalue weighted by Gasteiger charge is -2.39. The van der Waals surface area contributed by atoms with E-state index in [1.807, 2.05) is 6.07 Å². The zero-order chi connectivity index (χ0) is 17.6. The van der Waals surface area contributed by atoms with Crippen molar-refractivity contribution in [1.29, 1.82) is 0 Å². The first kappa shape index (κ1) is 17.2. The van der Waals surface area contributed by atoms with Gasteiger partial charge in [-0.2, -0.15) is 5.10 Å². The molecular formula is C18H23N5O2. The van der Waals surface area contributed by atoms with Crippen LogP contribution in [0.5, 0.6) is 0 Å². The van der Waals surface area contributed by atoms with Crippen LogP contribution in [-0.4, -0.2) is 59.8 Å². The first-order chi connectivity index (χ1) is 12.1. The highest BCUT2D eigenvalue weighted by Gasteiger charge is 2.21. The van der Waals surface area contributed by atoms with E-state index in [0.717, 1.165) is 26.2 Å². The Kier molecular flexibility index (Phi) is 5.45. The summed E-state index contributed by atoms with van der Waals surface area (Å²) in [5.74, 6) is -0.272. The van der Waals surface area contributed by atoms with E-state index in [-0.39, 0.29) is 23.2 Å². The molecule has 25 heavy (non-hydrogen) atoms. The van der Waals surface area contributed by atoms with Gasteiger partial charge in [-0.05, 0) is 25.1 Å². The zero-order valence-electron chi connectivity index (χ0n) is 14.3. The van der Waals surface area contributed by atoms with Crippen LogP contribution in [-0.2, 0) is 0 Å². The molecule has 1 aliphatic rings. The molecule has 1 amide bonds. The molecule has 0 bridgehead atoms. The van der Waals surface area contributed by atoms with E-state index in [0.29, 0.717) is 6.54 Å². The lowest BCUT2D eigenvalue weighted by Crippen LogP contribution is -2.52. The Morgan fingerprint density at radius 1 is 1.16 bits per heavy atom. The minimum absolute atomic E-state index is 0.223. The summed E-state index contributed by atoms with van der Waals surface area (Å²) in [6.07, 6.45) is 0. The molecule has 0 spiro atoms. The van der Waals surface area contributed by atoms with E-state index in [2.05, 4.69) is 56.5 Å². The molecule has 7 heteroatoms. The summed E-state index contributed by atoms with van der Waals surface area (Å²) in [7, 11) is 0. The highest BCUT2D eigenvalue weighted by molar-refractivity contribution is 5.91. The van der Waals surface area contributed by atoms with Crippen LogP contribution in [0.25, 0.3) is 0 Å². The molecule has 2 heterocycles. The van der Waals surface area contributed by atoms with Crippen molar-refractivity contribution in [1.82, 2.24) is 20.4 Å². The molecule has 7 nitrogen and oxygen atoms in total. The minimum Gasteiger partial charge on any atom is -0.369 e. The van der Waals surface area contributed by atoms with Gasteiger partial charge in [0, 0.05) is 50.5 Å². The first-order valence-electron chi connectivity index (χ1n) is 8.51. The predicted octanol–water partition coefficient (Wildman–Crippen LogP) is 0.710. The van der Waals surface area contributed by atoms with Gasteiger partial charge < -0.3 is 10.2 Å². The normalized spacial score (nSPS) is 16.4. The number of aromatic amines is 1. The highest BCUT2D eigenvalue weighted by Crippen LogP contribution is 2.16. The van der Waals surface area contributed by atoms with Crippen LogP contribution in [0.4, 0.5) is 5.69 Å². The van der Waals surface area contributed by atoms with Gasteiger partial charge in [-0.3, -0.25) is 14.5 Å². The van der Waals surface area contributed by atoms with Gasteiger partial charge in [0.1, 0.15) is 5.69 Å². The highest BCUT2D eigenvalue weighted by atomic mass is 16.2. The second-order valence-electron chi connectivity index (χ2n) is 6.22. The third-order valence-corrected chi connectivity index (χ3v) is 4.53. The van der Waals surface area contributed by atoms with E-state index in [1.54, 1.807) is 0 Å². The predicted molar refractivity (Wildman–Crippen MR) is 96.9 cm³/mol. The van der Waals surface area contributed by atoms with Crippen LogP contribution in [0.15, 0.2) is 47.3 Å². The maximum absolute atomic E-state index is 12.1. The van der Waals surface area contributed by atoms with Gasteiger partial charge in [0.05, 0.1) is 0 Å². The largest absolute Gasteiger partial charge is 0.369 e. The average molecular weight is 341 g/mol. The molecule has 0 radical (unpaired) electrons. The van der Waals surface area contributed by atoms with E-state index in [4.69, 9.17) is 0 Å². The number of benzene rings is 1. The van der Waals surface area contributed by atoms with Crippen molar-refractivity contribution in [3.05, 3.63) is 58.5 Å². The molecule has 0 unspecified atom stereocenters. The molecule has 2 aromatic rings. The van der Waals surface area contributed by atoms with Crippen molar-refractivity contribution in [2.45, 2.75) is 13.0 Å². The molecule has 2 N–H and O–H groups in total. The van der Waals surface area contributed by atoms with Crippen molar-refractivity contribution in [3.63, 3.8) is 0 Å². The van der Waals surface area contributed by atoms with E-state index in [9.17, 15) is 9.59 Å². The number of para-hydroxylation sites is 1. The Balaban J connectivity index is 1.46. The van der Waals surface area contributed by atoms with Gasteiger partial charge in [-0.15, -0.1) is 0 Å². The number of amides is 1. The Labute approximate surface area is 146 Å². The number of H-pyrrole nitrogens is 1. The number of carbonyl (C=O) groups excluding carboxylic acids is 1. The summed E-state index contributed by atoms with van der Waals surface area (Å²) in [5, 5.41) is 8.89. The van der Waals surface area contributed by atoms with Crippen molar-refractivity contribution in [2.75, 3.05) is 37.6 Å². The fraction of sp³-hybridized carbons (Fsp3) is 0.389. The van der Waals surface area contributed by atoms with Gasteiger partial charge in [0.15, 0.2) is 0 Å². The molecule has 1 saturated heterocycles. The van der Waals surface area contributed by atoms with E-state index >= 15 is 0 Å². The lowest BCUT2D eigenvalue weighted by molar-refractivity contribution is 0.0928. The minimum atomic E-state index is -0.318. The lowest BCUT2D eigenvalue weighted by atomic mass is 10.2. The van der Waals surface area contributed by atoms with Crippen molar-refractivity contribution in [2.24, 2.45) is 0 Å². The van der Waals surface area contributed by atoms with Crippen molar-refractivity contribution < 1.29 is 4.79 Å². The van der Waals surface area contributed by atoms with Crippen LogP contribution >= 0.6 is 0 Å². The molecule has 132 valence electrons. The van der Waals surface area contributed by atoms with Crippen molar-refractivity contribution in [3.8, 4) is 0 Å². The maximum Gasteiger partial charge on any atom is 0.271 e. The Morgan fingerprint density at radius 2 is 1.88 bits per heavy atom. The number of carbonyl (C=O) groups is 1. The summed E-state index contributed by atoms with van der Waals surface area (Å²) in [6.45, 7) is 6.53. The van der Waals surface area contributed by atoms with Crippen LogP contribution in [0.3, 0.4) is 0 Å².